The standard InChI is InChI=1S/C21H26N4O2/c1-14-10-17(16-7-6-15(27-5)11-18(16)23-14)20(26)24-19(21(2,3)4)12-25-9-8-22-13-25/h6-11,13,19H,12H2,1-5H3,(H,24,26)/t19-/m0/s1. The van der Waals surface area contributed by atoms with Crippen molar-refractivity contribution in [1.29, 1.82) is 0 Å². The van der Waals surface area contributed by atoms with Crippen LogP contribution in [0.25, 0.3) is 10.9 Å². The molecule has 0 aliphatic heterocycles. The summed E-state index contributed by atoms with van der Waals surface area (Å²) in [6.45, 7) is 8.91. The van der Waals surface area contributed by atoms with Gasteiger partial charge in [-0.2, -0.15) is 0 Å². The van der Waals surface area contributed by atoms with Crippen molar-refractivity contribution >= 4 is 16.8 Å². The average Bonchev–Trinajstić information content (AvgIpc) is 3.12. The minimum atomic E-state index is -0.110. The molecule has 1 amide bonds. The number of hydrogen-bond donors (Lipinski definition) is 1. The molecule has 1 atom stereocenters. The van der Waals surface area contributed by atoms with Crippen LogP contribution in [0.4, 0.5) is 0 Å². The van der Waals surface area contributed by atoms with E-state index in [-0.39, 0.29) is 17.4 Å². The molecule has 0 radical (unpaired) electrons. The van der Waals surface area contributed by atoms with E-state index in [9.17, 15) is 4.79 Å². The smallest absolute Gasteiger partial charge is 0.252 e. The zero-order chi connectivity index (χ0) is 19.6. The number of pyridine rings is 1. The SMILES string of the molecule is COc1ccc2c(C(=O)N[C@@H](Cn3ccnc3)C(C)(C)C)cc(C)nc2c1. The Morgan fingerprint density at radius 3 is 2.70 bits per heavy atom. The van der Waals surface area contributed by atoms with Crippen LogP contribution in [0.1, 0.15) is 36.8 Å². The number of aryl methyl sites for hydroxylation is 1. The average molecular weight is 366 g/mol. The van der Waals surface area contributed by atoms with Gasteiger partial charge in [-0.15, -0.1) is 0 Å². The van der Waals surface area contributed by atoms with Crippen LogP contribution >= 0.6 is 0 Å². The number of nitrogens with zero attached hydrogens (tertiary/aromatic N) is 3. The van der Waals surface area contributed by atoms with E-state index in [1.165, 1.54) is 0 Å². The minimum absolute atomic E-state index is 0.0547. The van der Waals surface area contributed by atoms with Crippen molar-refractivity contribution in [3.05, 3.63) is 54.2 Å². The number of carbonyl (C=O) groups is 1. The molecule has 142 valence electrons. The molecule has 6 nitrogen and oxygen atoms in total. The van der Waals surface area contributed by atoms with Crippen molar-refractivity contribution in [1.82, 2.24) is 19.9 Å². The molecule has 27 heavy (non-hydrogen) atoms. The Morgan fingerprint density at radius 2 is 2.07 bits per heavy atom. The second-order valence-electron chi connectivity index (χ2n) is 7.85. The van der Waals surface area contributed by atoms with Crippen LogP contribution < -0.4 is 10.1 Å². The highest BCUT2D eigenvalue weighted by Gasteiger charge is 2.27. The fraction of sp³-hybridized carbons (Fsp3) is 0.381. The first-order valence-corrected chi connectivity index (χ1v) is 9.00. The Balaban J connectivity index is 1.94. The molecule has 0 bridgehead atoms. The summed E-state index contributed by atoms with van der Waals surface area (Å²) in [7, 11) is 1.62. The van der Waals surface area contributed by atoms with Crippen LogP contribution in [0.5, 0.6) is 5.75 Å². The topological polar surface area (TPSA) is 69.0 Å². The van der Waals surface area contributed by atoms with Gasteiger partial charge >= 0.3 is 0 Å². The minimum Gasteiger partial charge on any atom is -0.497 e. The van der Waals surface area contributed by atoms with E-state index in [2.05, 4.69) is 36.1 Å². The van der Waals surface area contributed by atoms with E-state index in [4.69, 9.17) is 4.74 Å². The molecule has 0 unspecified atom stereocenters. The lowest BCUT2D eigenvalue weighted by molar-refractivity contribution is 0.0894. The monoisotopic (exact) mass is 366 g/mol. The summed E-state index contributed by atoms with van der Waals surface area (Å²) >= 11 is 0. The summed E-state index contributed by atoms with van der Waals surface area (Å²) in [5.41, 5.74) is 2.06. The van der Waals surface area contributed by atoms with Gasteiger partial charge in [0.05, 0.1) is 30.6 Å². The van der Waals surface area contributed by atoms with Crippen LogP contribution in [0, 0.1) is 12.3 Å². The molecule has 2 heterocycles. The maximum Gasteiger partial charge on any atom is 0.252 e. The molecule has 1 N–H and O–H groups in total. The Kier molecular flexibility index (Phi) is 5.17. The third-order valence-corrected chi connectivity index (χ3v) is 4.69. The van der Waals surface area contributed by atoms with Crippen LogP contribution in [0.15, 0.2) is 43.0 Å². The summed E-state index contributed by atoms with van der Waals surface area (Å²) < 4.78 is 7.26. The Hall–Kier alpha value is -2.89. The highest BCUT2D eigenvalue weighted by molar-refractivity contribution is 6.06. The van der Waals surface area contributed by atoms with Crippen molar-refractivity contribution in [2.75, 3.05) is 7.11 Å². The normalized spacial score (nSPS) is 12.8. The Bertz CT molecular complexity index is 943. The molecule has 0 aliphatic carbocycles. The number of aromatic nitrogens is 3. The second kappa shape index (κ2) is 7.39. The molecule has 2 aromatic heterocycles. The quantitative estimate of drug-likeness (QED) is 0.749. The molecular formula is C21H26N4O2. The van der Waals surface area contributed by atoms with Crippen LogP contribution in [0.3, 0.4) is 0 Å². The summed E-state index contributed by atoms with van der Waals surface area (Å²) in [5.74, 6) is 0.621. The van der Waals surface area contributed by atoms with Crippen molar-refractivity contribution < 1.29 is 9.53 Å². The van der Waals surface area contributed by atoms with Crippen LogP contribution in [-0.4, -0.2) is 33.6 Å². The highest BCUT2D eigenvalue weighted by Crippen LogP contribution is 2.25. The Morgan fingerprint density at radius 1 is 1.30 bits per heavy atom. The number of ether oxygens (including phenoxy) is 1. The second-order valence-corrected chi connectivity index (χ2v) is 7.85. The molecule has 3 rings (SSSR count). The number of benzene rings is 1. The number of methoxy groups -OCH3 is 1. The predicted molar refractivity (Wildman–Crippen MR) is 106 cm³/mol. The third kappa shape index (κ3) is 4.27. The van der Waals surface area contributed by atoms with Gasteiger partial charge in [0.15, 0.2) is 0 Å². The number of carbonyl (C=O) groups excluding carboxylic acids is 1. The molecule has 0 aliphatic rings. The molecule has 1 aromatic carbocycles. The number of imidazole rings is 1. The molecule has 0 spiro atoms. The van der Waals surface area contributed by atoms with E-state index >= 15 is 0 Å². The molecule has 0 saturated carbocycles. The van der Waals surface area contributed by atoms with Gasteiger partial charge in [0.2, 0.25) is 0 Å². The van der Waals surface area contributed by atoms with E-state index in [0.717, 1.165) is 22.3 Å². The van der Waals surface area contributed by atoms with Gasteiger partial charge in [0, 0.05) is 36.1 Å². The van der Waals surface area contributed by atoms with Crippen LogP contribution in [-0.2, 0) is 6.54 Å². The van der Waals surface area contributed by atoms with E-state index in [0.29, 0.717) is 12.1 Å². The molecule has 6 heteroatoms. The van der Waals surface area contributed by atoms with E-state index in [1.807, 2.05) is 42.0 Å². The molecule has 0 saturated heterocycles. The van der Waals surface area contributed by atoms with Crippen molar-refractivity contribution in [2.45, 2.75) is 40.3 Å². The first kappa shape index (κ1) is 18.9. The molecule has 3 aromatic rings. The zero-order valence-electron chi connectivity index (χ0n) is 16.5. The summed E-state index contributed by atoms with van der Waals surface area (Å²) in [6, 6.07) is 7.37. The van der Waals surface area contributed by atoms with Crippen molar-refractivity contribution in [3.8, 4) is 5.75 Å². The van der Waals surface area contributed by atoms with Gasteiger partial charge in [-0.25, -0.2) is 4.98 Å². The lowest BCUT2D eigenvalue weighted by atomic mass is 9.86. The number of nitrogens with one attached hydrogen (secondary N) is 1. The number of amides is 1. The lowest BCUT2D eigenvalue weighted by Crippen LogP contribution is -2.46. The number of rotatable bonds is 5. The summed E-state index contributed by atoms with van der Waals surface area (Å²) in [5, 5.41) is 4.03. The fourth-order valence-electron chi connectivity index (χ4n) is 3.03. The van der Waals surface area contributed by atoms with Crippen molar-refractivity contribution in [2.24, 2.45) is 5.41 Å². The molecular weight excluding hydrogens is 340 g/mol. The van der Waals surface area contributed by atoms with E-state index in [1.54, 1.807) is 19.6 Å². The number of fused-ring (bicyclic) bond motifs is 1. The number of hydrogen-bond acceptors (Lipinski definition) is 4. The predicted octanol–water partition coefficient (Wildman–Crippen LogP) is 3.59. The van der Waals surface area contributed by atoms with Crippen molar-refractivity contribution in [3.63, 3.8) is 0 Å². The van der Waals surface area contributed by atoms with Gasteiger partial charge in [-0.3, -0.25) is 9.78 Å². The van der Waals surface area contributed by atoms with Crippen LogP contribution in [0.2, 0.25) is 0 Å². The van der Waals surface area contributed by atoms with E-state index < -0.39 is 0 Å². The van der Waals surface area contributed by atoms with Gasteiger partial charge in [-0.05, 0) is 30.5 Å². The largest absolute Gasteiger partial charge is 0.497 e. The maximum atomic E-state index is 13.2. The zero-order valence-corrected chi connectivity index (χ0v) is 16.5. The fourth-order valence-corrected chi connectivity index (χ4v) is 3.03. The molecule has 0 fully saturated rings. The first-order valence-electron chi connectivity index (χ1n) is 9.00. The first-order chi connectivity index (χ1) is 12.8. The Labute approximate surface area is 159 Å². The third-order valence-electron chi connectivity index (χ3n) is 4.69. The lowest BCUT2D eigenvalue weighted by Gasteiger charge is -2.32. The van der Waals surface area contributed by atoms with Gasteiger partial charge in [-0.1, -0.05) is 20.8 Å². The summed E-state index contributed by atoms with van der Waals surface area (Å²) in [6.07, 6.45) is 5.42. The highest BCUT2D eigenvalue weighted by atomic mass is 16.5. The summed E-state index contributed by atoms with van der Waals surface area (Å²) in [4.78, 5) is 21.8. The van der Waals surface area contributed by atoms with Gasteiger partial charge in [0.25, 0.3) is 5.91 Å². The van der Waals surface area contributed by atoms with Gasteiger partial charge < -0.3 is 14.6 Å². The maximum absolute atomic E-state index is 13.2. The van der Waals surface area contributed by atoms with Gasteiger partial charge in [0.1, 0.15) is 5.75 Å².